The Bertz CT molecular complexity index is 447. The molecule has 1 aromatic rings. The van der Waals surface area contributed by atoms with Gasteiger partial charge in [-0.25, -0.2) is 0 Å². The lowest BCUT2D eigenvalue weighted by Gasteiger charge is -2.25. The summed E-state index contributed by atoms with van der Waals surface area (Å²) < 4.78 is 5.40. The Hall–Kier alpha value is -1.04. The third-order valence-electron chi connectivity index (χ3n) is 3.64. The molecule has 0 bridgehead atoms. The number of hydrogen-bond acceptors (Lipinski definition) is 4. The van der Waals surface area contributed by atoms with Gasteiger partial charge in [-0.15, -0.1) is 0 Å². The summed E-state index contributed by atoms with van der Waals surface area (Å²) in [6.07, 6.45) is 2.52. The first-order chi connectivity index (χ1) is 9.51. The molecule has 0 heterocycles. The van der Waals surface area contributed by atoms with Crippen LogP contribution in [0.3, 0.4) is 0 Å². The van der Waals surface area contributed by atoms with E-state index < -0.39 is 7.12 Å². The Morgan fingerprint density at radius 2 is 2.05 bits per heavy atom. The molecule has 0 atom stereocenters. The fraction of sp³-hybridized carbons (Fsp3) is 0.600. The van der Waals surface area contributed by atoms with E-state index >= 15 is 0 Å². The summed E-state index contributed by atoms with van der Waals surface area (Å²) >= 11 is 0. The van der Waals surface area contributed by atoms with Crippen molar-refractivity contribution < 1.29 is 14.8 Å². The standard InChI is InChI=1S/C15H24BNO3/c1-11(2)9-17(14-5-6-14)10-12-8-13(16(18)19)4-7-15(12)20-3/h4,7-8,11,14,18-19H,5-6,9-10H2,1-3H3. The van der Waals surface area contributed by atoms with Gasteiger partial charge in [0, 0.05) is 24.7 Å². The minimum atomic E-state index is -1.43. The first-order valence-corrected chi connectivity index (χ1v) is 7.28. The van der Waals surface area contributed by atoms with Crippen molar-refractivity contribution >= 4 is 12.6 Å². The molecule has 0 unspecified atom stereocenters. The molecule has 0 spiro atoms. The van der Waals surface area contributed by atoms with Gasteiger partial charge in [-0.05, 0) is 30.3 Å². The summed E-state index contributed by atoms with van der Waals surface area (Å²) in [7, 11) is 0.219. The number of hydrogen-bond donors (Lipinski definition) is 2. The summed E-state index contributed by atoms with van der Waals surface area (Å²) in [6.45, 7) is 6.30. The number of benzene rings is 1. The number of methoxy groups -OCH3 is 1. The second kappa shape index (κ2) is 6.61. The summed E-state index contributed by atoms with van der Waals surface area (Å²) in [4.78, 5) is 2.47. The van der Waals surface area contributed by atoms with Crippen molar-refractivity contribution in [1.29, 1.82) is 0 Å². The second-order valence-electron chi connectivity index (χ2n) is 6.00. The summed E-state index contributed by atoms with van der Waals surface area (Å²) in [6, 6.07) is 6.01. The van der Waals surface area contributed by atoms with Crippen LogP contribution in [-0.2, 0) is 6.54 Å². The van der Waals surface area contributed by atoms with E-state index in [2.05, 4.69) is 18.7 Å². The molecule has 110 valence electrons. The number of nitrogens with zero attached hydrogens (tertiary/aromatic N) is 1. The van der Waals surface area contributed by atoms with Crippen molar-refractivity contribution in [3.05, 3.63) is 23.8 Å². The van der Waals surface area contributed by atoms with Crippen molar-refractivity contribution in [2.75, 3.05) is 13.7 Å². The highest BCUT2D eigenvalue weighted by Crippen LogP contribution is 2.30. The summed E-state index contributed by atoms with van der Waals surface area (Å²) in [5.41, 5.74) is 1.53. The van der Waals surface area contributed by atoms with Crippen LogP contribution in [0.15, 0.2) is 18.2 Å². The van der Waals surface area contributed by atoms with Gasteiger partial charge in [-0.2, -0.15) is 0 Å². The number of ether oxygens (including phenoxy) is 1. The third kappa shape index (κ3) is 3.98. The third-order valence-corrected chi connectivity index (χ3v) is 3.64. The van der Waals surface area contributed by atoms with E-state index in [1.807, 2.05) is 12.1 Å². The van der Waals surface area contributed by atoms with Crippen LogP contribution in [0.5, 0.6) is 5.75 Å². The zero-order chi connectivity index (χ0) is 14.7. The molecule has 0 aliphatic heterocycles. The van der Waals surface area contributed by atoms with E-state index in [0.29, 0.717) is 17.4 Å². The van der Waals surface area contributed by atoms with E-state index in [0.717, 1.165) is 24.4 Å². The van der Waals surface area contributed by atoms with Gasteiger partial charge >= 0.3 is 7.12 Å². The van der Waals surface area contributed by atoms with Crippen LogP contribution in [0.2, 0.25) is 0 Å². The van der Waals surface area contributed by atoms with Crippen LogP contribution < -0.4 is 10.2 Å². The Balaban J connectivity index is 2.18. The molecule has 0 saturated heterocycles. The smallest absolute Gasteiger partial charge is 0.488 e. The Kier molecular flexibility index (Phi) is 5.08. The summed E-state index contributed by atoms with van der Waals surface area (Å²) in [5, 5.41) is 18.6. The van der Waals surface area contributed by atoms with E-state index in [1.165, 1.54) is 12.8 Å². The highest BCUT2D eigenvalue weighted by Gasteiger charge is 2.30. The molecule has 0 amide bonds. The Morgan fingerprint density at radius 1 is 1.35 bits per heavy atom. The molecular weight excluding hydrogens is 253 g/mol. The fourth-order valence-corrected chi connectivity index (χ4v) is 2.55. The molecule has 0 aromatic heterocycles. The molecule has 1 saturated carbocycles. The maximum atomic E-state index is 9.31. The van der Waals surface area contributed by atoms with Crippen LogP contribution >= 0.6 is 0 Å². The van der Waals surface area contributed by atoms with E-state index in [9.17, 15) is 10.0 Å². The predicted octanol–water partition coefficient (Wildman–Crippen LogP) is 0.995. The first-order valence-electron chi connectivity index (χ1n) is 7.28. The molecule has 20 heavy (non-hydrogen) atoms. The van der Waals surface area contributed by atoms with Gasteiger partial charge in [0.2, 0.25) is 0 Å². The molecule has 1 aliphatic rings. The molecule has 0 radical (unpaired) electrons. The van der Waals surface area contributed by atoms with E-state index in [4.69, 9.17) is 4.74 Å². The highest BCUT2D eigenvalue weighted by atomic mass is 16.5. The maximum Gasteiger partial charge on any atom is 0.488 e. The van der Waals surface area contributed by atoms with Gasteiger partial charge in [0.1, 0.15) is 5.75 Å². The number of rotatable bonds is 7. The van der Waals surface area contributed by atoms with Gasteiger partial charge in [0.05, 0.1) is 7.11 Å². The van der Waals surface area contributed by atoms with Gasteiger partial charge in [-0.1, -0.05) is 26.0 Å². The van der Waals surface area contributed by atoms with Crippen LogP contribution in [-0.4, -0.2) is 41.8 Å². The zero-order valence-electron chi connectivity index (χ0n) is 12.5. The van der Waals surface area contributed by atoms with E-state index in [-0.39, 0.29) is 0 Å². The molecule has 5 heteroatoms. The summed E-state index contributed by atoms with van der Waals surface area (Å²) in [5.74, 6) is 1.43. The lowest BCUT2D eigenvalue weighted by atomic mass is 9.79. The van der Waals surface area contributed by atoms with Crippen molar-refractivity contribution in [3.63, 3.8) is 0 Å². The molecule has 2 N–H and O–H groups in total. The topological polar surface area (TPSA) is 52.9 Å². The van der Waals surface area contributed by atoms with Crippen LogP contribution in [0.1, 0.15) is 32.3 Å². The molecule has 1 aromatic carbocycles. The van der Waals surface area contributed by atoms with Gasteiger partial charge in [-0.3, -0.25) is 4.90 Å². The molecular formula is C15H24BNO3. The molecule has 2 rings (SSSR count). The quantitative estimate of drug-likeness (QED) is 0.730. The normalized spacial score (nSPS) is 14.9. The van der Waals surface area contributed by atoms with Crippen LogP contribution in [0, 0.1) is 5.92 Å². The van der Waals surface area contributed by atoms with Gasteiger partial charge in [0.25, 0.3) is 0 Å². The monoisotopic (exact) mass is 277 g/mol. The average Bonchev–Trinajstić information content (AvgIpc) is 3.21. The molecule has 1 fully saturated rings. The van der Waals surface area contributed by atoms with Gasteiger partial charge in [0.15, 0.2) is 0 Å². The van der Waals surface area contributed by atoms with Crippen molar-refractivity contribution in [2.24, 2.45) is 5.92 Å². The van der Waals surface area contributed by atoms with Crippen molar-refractivity contribution in [1.82, 2.24) is 4.90 Å². The lowest BCUT2D eigenvalue weighted by Crippen LogP contribution is -2.32. The SMILES string of the molecule is COc1ccc(B(O)O)cc1CN(CC(C)C)C1CC1. The largest absolute Gasteiger partial charge is 0.496 e. The Morgan fingerprint density at radius 3 is 2.55 bits per heavy atom. The minimum Gasteiger partial charge on any atom is -0.496 e. The van der Waals surface area contributed by atoms with Crippen LogP contribution in [0.25, 0.3) is 0 Å². The van der Waals surface area contributed by atoms with Crippen molar-refractivity contribution in [2.45, 2.75) is 39.3 Å². The van der Waals surface area contributed by atoms with Gasteiger partial charge < -0.3 is 14.8 Å². The minimum absolute atomic E-state index is 0.515. The van der Waals surface area contributed by atoms with Crippen LogP contribution in [0.4, 0.5) is 0 Å². The van der Waals surface area contributed by atoms with E-state index in [1.54, 1.807) is 13.2 Å². The first kappa shape index (κ1) is 15.4. The highest BCUT2D eigenvalue weighted by molar-refractivity contribution is 6.58. The van der Waals surface area contributed by atoms with Crippen molar-refractivity contribution in [3.8, 4) is 5.75 Å². The zero-order valence-corrected chi connectivity index (χ0v) is 12.5. The predicted molar refractivity (Wildman–Crippen MR) is 81.1 cm³/mol. The second-order valence-corrected chi connectivity index (χ2v) is 6.00. The average molecular weight is 277 g/mol. The molecule has 1 aliphatic carbocycles. The lowest BCUT2D eigenvalue weighted by molar-refractivity contribution is 0.223. The Labute approximate surface area is 121 Å². The molecule has 4 nitrogen and oxygen atoms in total. The maximum absolute atomic E-state index is 9.31. The fourth-order valence-electron chi connectivity index (χ4n) is 2.55.